The smallest absolute Gasteiger partial charge is 0.110 e. The summed E-state index contributed by atoms with van der Waals surface area (Å²) in [7, 11) is 0. The molecule has 0 aliphatic rings. The van der Waals surface area contributed by atoms with Crippen molar-refractivity contribution in [2.75, 3.05) is 0 Å². The van der Waals surface area contributed by atoms with Crippen molar-refractivity contribution in [2.45, 2.75) is 13.3 Å². The molecule has 1 heterocycles. The van der Waals surface area contributed by atoms with Crippen LogP contribution in [0.4, 0.5) is 0 Å². The molecule has 0 atom stereocenters. The van der Waals surface area contributed by atoms with Crippen molar-refractivity contribution >= 4 is 33.0 Å². The van der Waals surface area contributed by atoms with Crippen LogP contribution in [-0.4, -0.2) is 0 Å². The Kier molecular flexibility index (Phi) is 2.45. The highest BCUT2D eigenvalue weighted by Gasteiger charge is 2.08. The van der Waals surface area contributed by atoms with Gasteiger partial charge < -0.3 is 0 Å². The molecule has 1 nitrogen and oxygen atoms in total. The highest BCUT2D eigenvalue weighted by Crippen LogP contribution is 2.32. The number of benzene rings is 1. The molecule has 0 radical (unpaired) electrons. The van der Waals surface area contributed by atoms with Crippen LogP contribution in [0.2, 0.25) is 5.02 Å². The summed E-state index contributed by atoms with van der Waals surface area (Å²) in [5.41, 5.74) is 1.15. The van der Waals surface area contributed by atoms with Gasteiger partial charge in [0.1, 0.15) is 10.9 Å². The average molecular weight is 222 g/mol. The minimum absolute atomic E-state index is 0.747. The lowest BCUT2D eigenvalue weighted by Gasteiger charge is -2.01. The molecule has 0 N–H and O–H groups in total. The van der Waals surface area contributed by atoms with Crippen LogP contribution in [0.5, 0.6) is 0 Å². The molecule has 1 aromatic carbocycles. The van der Waals surface area contributed by atoms with Gasteiger partial charge in [0, 0.05) is 9.72 Å². The minimum atomic E-state index is 0.747. The van der Waals surface area contributed by atoms with Gasteiger partial charge in [0.25, 0.3) is 0 Å². The third-order valence-corrected chi connectivity index (χ3v) is 3.67. The molecule has 0 saturated heterocycles. The van der Waals surface area contributed by atoms with Crippen LogP contribution in [0, 0.1) is 11.3 Å². The highest BCUT2D eigenvalue weighted by atomic mass is 35.5. The first kappa shape index (κ1) is 9.51. The van der Waals surface area contributed by atoms with E-state index in [1.165, 1.54) is 11.3 Å². The number of fused-ring (bicyclic) bond motifs is 1. The lowest BCUT2D eigenvalue weighted by Crippen LogP contribution is -1.81. The molecular formula is C11H8ClNS. The molecule has 0 unspecified atom stereocenters. The van der Waals surface area contributed by atoms with E-state index in [0.717, 1.165) is 32.0 Å². The number of thiophene rings is 1. The topological polar surface area (TPSA) is 23.8 Å². The summed E-state index contributed by atoms with van der Waals surface area (Å²) in [6.45, 7) is 2.08. The molecule has 0 amide bonds. The van der Waals surface area contributed by atoms with Crippen LogP contribution in [0.1, 0.15) is 17.4 Å². The van der Waals surface area contributed by atoms with E-state index in [9.17, 15) is 0 Å². The molecule has 1 aromatic heterocycles. The van der Waals surface area contributed by atoms with E-state index >= 15 is 0 Å². The van der Waals surface area contributed by atoms with Crippen molar-refractivity contribution in [3.8, 4) is 6.07 Å². The van der Waals surface area contributed by atoms with Crippen molar-refractivity contribution in [1.29, 1.82) is 5.26 Å². The Labute approximate surface area is 91.5 Å². The van der Waals surface area contributed by atoms with Crippen LogP contribution in [-0.2, 0) is 6.42 Å². The van der Waals surface area contributed by atoms with Crippen LogP contribution in [0.3, 0.4) is 0 Å². The SMILES string of the molecule is CCc1c(Cl)ccc2cc(C#N)sc12. The van der Waals surface area contributed by atoms with Crippen molar-refractivity contribution in [1.82, 2.24) is 0 Å². The Morgan fingerprint density at radius 2 is 2.29 bits per heavy atom. The van der Waals surface area contributed by atoms with Crippen LogP contribution < -0.4 is 0 Å². The summed E-state index contributed by atoms with van der Waals surface area (Å²) in [5.74, 6) is 0. The Bertz CT molecular complexity index is 522. The largest absolute Gasteiger partial charge is 0.192 e. The third-order valence-electron chi connectivity index (χ3n) is 2.20. The minimum Gasteiger partial charge on any atom is -0.192 e. The molecule has 0 saturated carbocycles. The lowest BCUT2D eigenvalue weighted by molar-refractivity contribution is 1.16. The van der Waals surface area contributed by atoms with E-state index in [4.69, 9.17) is 16.9 Å². The quantitative estimate of drug-likeness (QED) is 0.715. The lowest BCUT2D eigenvalue weighted by atomic mass is 10.1. The molecular weight excluding hydrogens is 214 g/mol. The van der Waals surface area contributed by atoms with E-state index < -0.39 is 0 Å². The van der Waals surface area contributed by atoms with Gasteiger partial charge in [0.05, 0.1) is 0 Å². The predicted octanol–water partition coefficient (Wildman–Crippen LogP) is 3.99. The number of aryl methyl sites for hydroxylation is 1. The molecule has 0 aliphatic carbocycles. The molecule has 70 valence electrons. The zero-order valence-electron chi connectivity index (χ0n) is 7.67. The molecule has 3 heteroatoms. The molecule has 2 rings (SSSR count). The third kappa shape index (κ3) is 1.39. The maximum atomic E-state index is 8.80. The number of hydrogen-bond donors (Lipinski definition) is 0. The summed E-state index contributed by atoms with van der Waals surface area (Å²) >= 11 is 7.60. The van der Waals surface area contributed by atoms with E-state index in [1.807, 2.05) is 18.2 Å². The Morgan fingerprint density at radius 1 is 1.50 bits per heavy atom. The van der Waals surface area contributed by atoms with E-state index in [1.54, 1.807) is 0 Å². The molecule has 0 fully saturated rings. The van der Waals surface area contributed by atoms with E-state index in [-0.39, 0.29) is 0 Å². The van der Waals surface area contributed by atoms with Gasteiger partial charge in [-0.15, -0.1) is 11.3 Å². The van der Waals surface area contributed by atoms with Crippen molar-refractivity contribution in [3.63, 3.8) is 0 Å². The molecule has 0 aliphatic heterocycles. The zero-order chi connectivity index (χ0) is 10.1. The Hall–Kier alpha value is -1.04. The van der Waals surface area contributed by atoms with Crippen molar-refractivity contribution in [2.24, 2.45) is 0 Å². The Morgan fingerprint density at radius 3 is 2.93 bits per heavy atom. The fourth-order valence-corrected chi connectivity index (χ4v) is 2.94. The van der Waals surface area contributed by atoms with Gasteiger partial charge in [-0.3, -0.25) is 0 Å². The first-order valence-electron chi connectivity index (χ1n) is 4.37. The van der Waals surface area contributed by atoms with Crippen molar-refractivity contribution < 1.29 is 0 Å². The number of nitrogens with zero attached hydrogens (tertiary/aromatic N) is 1. The molecule has 0 bridgehead atoms. The maximum absolute atomic E-state index is 8.80. The summed E-state index contributed by atoms with van der Waals surface area (Å²) in [5, 5.41) is 10.7. The van der Waals surface area contributed by atoms with Crippen molar-refractivity contribution in [3.05, 3.63) is 33.7 Å². The zero-order valence-corrected chi connectivity index (χ0v) is 9.25. The van der Waals surface area contributed by atoms with Crippen LogP contribution in [0.15, 0.2) is 18.2 Å². The second-order valence-electron chi connectivity index (χ2n) is 3.02. The summed E-state index contributed by atoms with van der Waals surface area (Å²) in [6.07, 6.45) is 0.904. The normalized spacial score (nSPS) is 10.4. The number of halogens is 1. The molecule has 0 spiro atoms. The van der Waals surface area contributed by atoms with Crippen LogP contribution >= 0.6 is 22.9 Å². The fourth-order valence-electron chi connectivity index (χ4n) is 1.52. The van der Waals surface area contributed by atoms with Gasteiger partial charge in [-0.25, -0.2) is 0 Å². The van der Waals surface area contributed by atoms with Gasteiger partial charge in [0.2, 0.25) is 0 Å². The predicted molar refractivity (Wildman–Crippen MR) is 60.9 cm³/mol. The first-order valence-corrected chi connectivity index (χ1v) is 5.56. The highest BCUT2D eigenvalue weighted by molar-refractivity contribution is 7.19. The number of hydrogen-bond acceptors (Lipinski definition) is 2. The van der Waals surface area contributed by atoms with E-state index in [0.29, 0.717) is 0 Å². The number of rotatable bonds is 1. The van der Waals surface area contributed by atoms with Gasteiger partial charge in [-0.2, -0.15) is 5.26 Å². The monoisotopic (exact) mass is 221 g/mol. The fraction of sp³-hybridized carbons (Fsp3) is 0.182. The van der Waals surface area contributed by atoms with Gasteiger partial charge in [-0.05, 0) is 29.5 Å². The maximum Gasteiger partial charge on any atom is 0.110 e. The standard InChI is InChI=1S/C11H8ClNS/c1-2-9-10(12)4-3-7-5-8(6-13)14-11(7)9/h3-5H,2H2,1H3. The Balaban J connectivity index is 2.81. The average Bonchev–Trinajstić information content (AvgIpc) is 2.60. The van der Waals surface area contributed by atoms with Crippen LogP contribution in [0.25, 0.3) is 10.1 Å². The van der Waals surface area contributed by atoms with Gasteiger partial charge >= 0.3 is 0 Å². The summed E-state index contributed by atoms with van der Waals surface area (Å²) in [4.78, 5) is 0.747. The van der Waals surface area contributed by atoms with Gasteiger partial charge in [0.15, 0.2) is 0 Å². The van der Waals surface area contributed by atoms with Gasteiger partial charge in [-0.1, -0.05) is 24.6 Å². The second kappa shape index (κ2) is 3.61. The second-order valence-corrected chi connectivity index (χ2v) is 4.48. The first-order chi connectivity index (χ1) is 6.76. The molecule has 14 heavy (non-hydrogen) atoms. The summed E-state index contributed by atoms with van der Waals surface area (Å²) in [6, 6.07) is 7.94. The molecule has 2 aromatic rings. The summed E-state index contributed by atoms with van der Waals surface area (Å²) < 4.78 is 1.15. The number of nitriles is 1. The van der Waals surface area contributed by atoms with E-state index in [2.05, 4.69) is 13.0 Å².